The predicted octanol–water partition coefficient (Wildman–Crippen LogP) is 5.87. The summed E-state index contributed by atoms with van der Waals surface area (Å²) in [5.74, 6) is -0.285. The van der Waals surface area contributed by atoms with Crippen LogP contribution in [0.3, 0.4) is 0 Å². The van der Waals surface area contributed by atoms with Gasteiger partial charge in [0, 0.05) is 12.0 Å². The number of fused-ring (bicyclic) bond motifs is 2. The zero-order chi connectivity index (χ0) is 26.7. The van der Waals surface area contributed by atoms with Crippen LogP contribution in [0.5, 0.6) is 11.5 Å². The summed E-state index contributed by atoms with van der Waals surface area (Å²) in [4.78, 5) is 33.3. The molecule has 38 heavy (non-hydrogen) atoms. The highest BCUT2D eigenvalue weighted by atomic mass is 32.1. The van der Waals surface area contributed by atoms with Gasteiger partial charge in [-0.25, -0.2) is 4.98 Å². The van der Waals surface area contributed by atoms with Gasteiger partial charge in [0.05, 0.1) is 28.9 Å². The fraction of sp³-hybridized carbons (Fsp3) is 0.233. The second-order valence-electron chi connectivity index (χ2n) is 9.82. The summed E-state index contributed by atoms with van der Waals surface area (Å²) >= 11 is 1.36. The number of aliphatic hydroxyl groups excluding tert-OH is 1. The van der Waals surface area contributed by atoms with Gasteiger partial charge in [-0.2, -0.15) is 0 Å². The van der Waals surface area contributed by atoms with E-state index in [1.54, 1.807) is 43.5 Å². The number of carbonyl (C=O) groups is 2. The highest BCUT2D eigenvalue weighted by molar-refractivity contribution is 7.22. The average molecular weight is 527 g/mol. The average Bonchev–Trinajstić information content (AvgIpc) is 3.56. The third-order valence-corrected chi connectivity index (χ3v) is 8.07. The van der Waals surface area contributed by atoms with Crippen LogP contribution in [-0.2, 0) is 16.0 Å². The van der Waals surface area contributed by atoms with Crippen LogP contribution in [0, 0.1) is 13.8 Å². The zero-order valence-electron chi connectivity index (χ0n) is 21.4. The summed E-state index contributed by atoms with van der Waals surface area (Å²) in [6.07, 6.45) is 0.746. The molecule has 1 amide bonds. The number of hydrogen-bond donors (Lipinski definition) is 1. The topological polar surface area (TPSA) is 89.0 Å². The first kappa shape index (κ1) is 24.2. The van der Waals surface area contributed by atoms with Crippen molar-refractivity contribution in [1.82, 2.24) is 4.98 Å². The molecule has 0 radical (unpaired) electrons. The number of aromatic nitrogens is 1. The van der Waals surface area contributed by atoms with E-state index in [1.165, 1.54) is 16.2 Å². The van der Waals surface area contributed by atoms with Crippen molar-refractivity contribution in [3.8, 4) is 11.5 Å². The van der Waals surface area contributed by atoms with Gasteiger partial charge < -0.3 is 14.6 Å². The molecule has 1 N–H and O–H groups in total. The summed E-state index contributed by atoms with van der Waals surface area (Å²) in [5, 5.41) is 11.9. The van der Waals surface area contributed by atoms with E-state index in [2.05, 4.69) is 0 Å². The minimum Gasteiger partial charge on any atom is -0.507 e. The molecule has 0 spiro atoms. The number of aryl methyl sites for hydroxylation is 2. The Hall–Kier alpha value is -4.17. The van der Waals surface area contributed by atoms with Gasteiger partial charge in [0.25, 0.3) is 5.78 Å². The second-order valence-corrected chi connectivity index (χ2v) is 10.8. The van der Waals surface area contributed by atoms with E-state index in [0.29, 0.717) is 28.4 Å². The molecule has 0 bridgehead atoms. The van der Waals surface area contributed by atoms with Crippen LogP contribution in [0.1, 0.15) is 40.8 Å². The standard InChI is InChI=1S/C30H26N2O5S/c1-15-11-16(2)25-23(12-15)38-30(31-25)32-26(18-5-8-21(36-4)9-6-18)24(28(34)29(32)35)27(33)19-7-10-22-20(14-19)13-17(3)37-22/h5-12,14,17,26,33H,13H2,1-4H3/b27-24+/t17-,26+/m0/s1. The number of Topliss-reactive ketones (excluding diaryl/α,β-unsaturated/α-hetero) is 1. The van der Waals surface area contributed by atoms with Crippen molar-refractivity contribution in [1.29, 1.82) is 0 Å². The van der Waals surface area contributed by atoms with Gasteiger partial charge in [-0.15, -0.1) is 0 Å². The van der Waals surface area contributed by atoms with Crippen LogP contribution < -0.4 is 14.4 Å². The van der Waals surface area contributed by atoms with E-state index in [9.17, 15) is 14.7 Å². The number of anilines is 1. The lowest BCUT2D eigenvalue weighted by Crippen LogP contribution is -2.29. The van der Waals surface area contributed by atoms with Crippen LogP contribution in [0.25, 0.3) is 16.0 Å². The largest absolute Gasteiger partial charge is 0.507 e. The Morgan fingerprint density at radius 2 is 1.87 bits per heavy atom. The number of benzene rings is 3. The molecule has 0 unspecified atom stereocenters. The molecule has 1 saturated heterocycles. The fourth-order valence-corrected chi connectivity index (χ4v) is 6.49. The first-order chi connectivity index (χ1) is 18.2. The first-order valence-corrected chi connectivity index (χ1v) is 13.2. The number of aliphatic hydroxyl groups is 1. The summed E-state index contributed by atoms with van der Waals surface area (Å²) in [7, 11) is 1.57. The minimum atomic E-state index is -0.855. The van der Waals surface area contributed by atoms with Crippen molar-refractivity contribution in [2.45, 2.75) is 39.3 Å². The molecular formula is C30H26N2O5S. The molecule has 2 atom stereocenters. The molecule has 2 aliphatic rings. The van der Waals surface area contributed by atoms with E-state index in [-0.39, 0.29) is 17.4 Å². The summed E-state index contributed by atoms with van der Waals surface area (Å²) < 4.78 is 12.0. The van der Waals surface area contributed by atoms with Gasteiger partial charge in [-0.1, -0.05) is 29.5 Å². The predicted molar refractivity (Wildman–Crippen MR) is 147 cm³/mol. The smallest absolute Gasteiger partial charge is 0.301 e. The number of carbonyl (C=O) groups excluding carboxylic acids is 2. The number of thiazole rings is 1. The molecule has 7 nitrogen and oxygen atoms in total. The molecule has 2 aliphatic heterocycles. The Bertz CT molecular complexity index is 1650. The van der Waals surface area contributed by atoms with E-state index < -0.39 is 17.7 Å². The normalized spacial score (nSPS) is 20.2. The van der Waals surface area contributed by atoms with Crippen molar-refractivity contribution in [3.05, 3.63) is 88.0 Å². The van der Waals surface area contributed by atoms with Gasteiger partial charge in [-0.3, -0.25) is 14.5 Å². The lowest BCUT2D eigenvalue weighted by atomic mass is 9.94. The number of ether oxygens (including phenoxy) is 2. The van der Waals surface area contributed by atoms with E-state index >= 15 is 0 Å². The molecule has 8 heteroatoms. The zero-order valence-corrected chi connectivity index (χ0v) is 22.3. The summed E-state index contributed by atoms with van der Waals surface area (Å²) in [5.41, 5.74) is 4.99. The molecule has 3 heterocycles. The van der Waals surface area contributed by atoms with Gasteiger partial charge in [0.15, 0.2) is 5.13 Å². The minimum absolute atomic E-state index is 0.0271. The molecule has 4 aromatic rings. The maximum atomic E-state index is 13.6. The van der Waals surface area contributed by atoms with Crippen LogP contribution in [0.4, 0.5) is 5.13 Å². The number of nitrogens with zero attached hydrogens (tertiary/aromatic N) is 2. The molecule has 1 fully saturated rings. The van der Waals surface area contributed by atoms with Gasteiger partial charge in [0.1, 0.15) is 23.4 Å². The molecular weight excluding hydrogens is 500 g/mol. The van der Waals surface area contributed by atoms with Crippen LogP contribution in [0.15, 0.2) is 60.2 Å². The Balaban J connectivity index is 1.54. The summed E-state index contributed by atoms with van der Waals surface area (Å²) in [6.45, 7) is 5.97. The molecule has 6 rings (SSSR count). The first-order valence-electron chi connectivity index (χ1n) is 12.4. The number of ketones is 1. The lowest BCUT2D eigenvalue weighted by Gasteiger charge is -2.23. The Labute approximate surface area is 224 Å². The maximum absolute atomic E-state index is 13.6. The van der Waals surface area contributed by atoms with Crippen LogP contribution >= 0.6 is 11.3 Å². The van der Waals surface area contributed by atoms with Crippen LogP contribution in [0.2, 0.25) is 0 Å². The van der Waals surface area contributed by atoms with Gasteiger partial charge in [0.2, 0.25) is 0 Å². The SMILES string of the molecule is COc1ccc([C@@H]2/C(=C(\O)c3ccc4c(c3)C[C@H](C)O4)C(=O)C(=O)N2c2nc3c(C)cc(C)cc3s2)cc1. The molecule has 1 aromatic heterocycles. The van der Waals surface area contributed by atoms with E-state index in [1.807, 2.05) is 39.0 Å². The van der Waals surface area contributed by atoms with Crippen molar-refractivity contribution >= 4 is 44.1 Å². The van der Waals surface area contributed by atoms with Crippen molar-refractivity contribution in [2.75, 3.05) is 12.0 Å². The Morgan fingerprint density at radius 3 is 2.61 bits per heavy atom. The monoisotopic (exact) mass is 526 g/mol. The second kappa shape index (κ2) is 8.99. The van der Waals surface area contributed by atoms with Crippen molar-refractivity contribution in [2.24, 2.45) is 0 Å². The summed E-state index contributed by atoms with van der Waals surface area (Å²) in [6, 6.07) is 15.7. The quantitative estimate of drug-likeness (QED) is 0.203. The van der Waals surface area contributed by atoms with Crippen molar-refractivity contribution in [3.63, 3.8) is 0 Å². The number of hydrogen-bond acceptors (Lipinski definition) is 7. The molecule has 0 saturated carbocycles. The molecule has 3 aromatic carbocycles. The van der Waals surface area contributed by atoms with Gasteiger partial charge >= 0.3 is 5.91 Å². The lowest BCUT2D eigenvalue weighted by molar-refractivity contribution is -0.132. The molecule has 192 valence electrons. The third-order valence-electron chi connectivity index (χ3n) is 7.07. The number of methoxy groups -OCH3 is 1. The molecule has 0 aliphatic carbocycles. The Morgan fingerprint density at radius 1 is 1.11 bits per heavy atom. The Kier molecular flexibility index (Phi) is 5.72. The van der Waals surface area contributed by atoms with Gasteiger partial charge in [-0.05, 0) is 79.4 Å². The van der Waals surface area contributed by atoms with Crippen molar-refractivity contribution < 1.29 is 24.2 Å². The maximum Gasteiger partial charge on any atom is 0.301 e. The fourth-order valence-electron chi connectivity index (χ4n) is 5.32. The van der Waals surface area contributed by atoms with E-state index in [4.69, 9.17) is 14.5 Å². The number of amides is 1. The number of rotatable bonds is 4. The highest BCUT2D eigenvalue weighted by Gasteiger charge is 2.48. The third kappa shape index (κ3) is 3.83. The van der Waals surface area contributed by atoms with E-state index in [0.717, 1.165) is 32.7 Å². The highest BCUT2D eigenvalue weighted by Crippen LogP contribution is 2.45. The van der Waals surface area contributed by atoms with Crippen LogP contribution in [-0.4, -0.2) is 35.0 Å².